The highest BCUT2D eigenvalue weighted by Gasteiger charge is 2.30. The average molecular weight is 395 g/mol. The summed E-state index contributed by atoms with van der Waals surface area (Å²) in [5.41, 5.74) is 3.34. The maximum atomic E-state index is 13.2. The molecule has 2 aromatic rings. The van der Waals surface area contributed by atoms with Crippen molar-refractivity contribution < 1.29 is 14.3 Å². The van der Waals surface area contributed by atoms with Gasteiger partial charge in [-0.2, -0.15) is 0 Å². The number of anilines is 1. The molecule has 0 radical (unpaired) electrons. The third kappa shape index (κ3) is 4.25. The molecule has 2 aliphatic heterocycles. The fourth-order valence-electron chi connectivity index (χ4n) is 4.39. The molecule has 2 aromatic carbocycles. The Hall–Kier alpha value is -2.53. The largest absolute Gasteiger partial charge is 0.490 e. The van der Waals surface area contributed by atoms with Crippen LogP contribution in [0.4, 0.5) is 5.69 Å². The van der Waals surface area contributed by atoms with E-state index in [9.17, 15) is 4.79 Å². The van der Waals surface area contributed by atoms with Crippen molar-refractivity contribution in [2.75, 3.05) is 37.7 Å². The Morgan fingerprint density at radius 3 is 2.69 bits per heavy atom. The van der Waals surface area contributed by atoms with E-state index in [1.54, 1.807) is 0 Å². The third-order valence-corrected chi connectivity index (χ3v) is 5.88. The van der Waals surface area contributed by atoms with Gasteiger partial charge in [0.2, 0.25) is 5.91 Å². The summed E-state index contributed by atoms with van der Waals surface area (Å²) in [4.78, 5) is 17.4. The number of likely N-dealkylation sites (tertiary alicyclic amines) is 1. The molecule has 0 saturated carbocycles. The lowest BCUT2D eigenvalue weighted by atomic mass is 10.0. The molecule has 2 aliphatic rings. The molecule has 1 atom stereocenters. The summed E-state index contributed by atoms with van der Waals surface area (Å²) < 4.78 is 11.6. The maximum Gasteiger partial charge on any atom is 0.241 e. The van der Waals surface area contributed by atoms with E-state index in [1.165, 1.54) is 5.56 Å². The van der Waals surface area contributed by atoms with Crippen LogP contribution in [0.2, 0.25) is 0 Å². The molecule has 5 heteroatoms. The first-order valence-corrected chi connectivity index (χ1v) is 10.7. The van der Waals surface area contributed by atoms with E-state index < -0.39 is 0 Å². The van der Waals surface area contributed by atoms with Crippen LogP contribution in [0.5, 0.6) is 11.5 Å². The Balaban J connectivity index is 1.51. The van der Waals surface area contributed by atoms with Crippen LogP contribution < -0.4 is 14.4 Å². The van der Waals surface area contributed by atoms with Crippen molar-refractivity contribution in [2.24, 2.45) is 0 Å². The molecular formula is C24H30N2O3. The van der Waals surface area contributed by atoms with Gasteiger partial charge in [0.25, 0.3) is 0 Å². The number of benzene rings is 2. The van der Waals surface area contributed by atoms with Crippen LogP contribution in [0.1, 0.15) is 43.4 Å². The van der Waals surface area contributed by atoms with Crippen molar-refractivity contribution >= 4 is 11.6 Å². The quantitative estimate of drug-likeness (QED) is 0.756. The van der Waals surface area contributed by atoms with Crippen molar-refractivity contribution in [2.45, 2.75) is 39.2 Å². The van der Waals surface area contributed by atoms with Gasteiger partial charge in [-0.05, 0) is 62.6 Å². The highest BCUT2D eigenvalue weighted by Crippen LogP contribution is 2.38. The molecule has 5 nitrogen and oxygen atoms in total. The topological polar surface area (TPSA) is 42.0 Å². The summed E-state index contributed by atoms with van der Waals surface area (Å²) >= 11 is 0. The predicted molar refractivity (Wildman–Crippen MR) is 115 cm³/mol. The number of nitrogens with zero attached hydrogens (tertiary/aromatic N) is 2. The van der Waals surface area contributed by atoms with Crippen LogP contribution in [0, 0.1) is 6.92 Å². The second kappa shape index (κ2) is 8.87. The van der Waals surface area contributed by atoms with Gasteiger partial charge in [-0.15, -0.1) is 0 Å². The summed E-state index contributed by atoms with van der Waals surface area (Å²) in [7, 11) is 0. The average Bonchev–Trinajstić information content (AvgIpc) is 3.05. The van der Waals surface area contributed by atoms with Gasteiger partial charge in [0, 0.05) is 24.7 Å². The number of likely N-dealkylation sites (N-methyl/N-ethyl adjacent to an activating group) is 1. The second-order valence-electron chi connectivity index (χ2n) is 7.81. The van der Waals surface area contributed by atoms with Crippen molar-refractivity contribution in [1.29, 1.82) is 0 Å². The van der Waals surface area contributed by atoms with Gasteiger partial charge in [0.15, 0.2) is 11.5 Å². The Morgan fingerprint density at radius 1 is 1.10 bits per heavy atom. The zero-order chi connectivity index (χ0) is 20.2. The van der Waals surface area contributed by atoms with Crippen molar-refractivity contribution in [3.63, 3.8) is 0 Å². The molecule has 0 N–H and O–H groups in total. The molecule has 29 heavy (non-hydrogen) atoms. The number of carbonyl (C=O) groups excluding carboxylic acids is 1. The van der Waals surface area contributed by atoms with Gasteiger partial charge in [0.1, 0.15) is 0 Å². The Kier molecular flexibility index (Phi) is 6.05. The van der Waals surface area contributed by atoms with Crippen LogP contribution in [0.25, 0.3) is 0 Å². The van der Waals surface area contributed by atoms with E-state index in [2.05, 4.69) is 30.0 Å². The van der Waals surface area contributed by atoms with E-state index in [0.717, 1.165) is 48.6 Å². The van der Waals surface area contributed by atoms with Crippen LogP contribution in [-0.2, 0) is 4.79 Å². The van der Waals surface area contributed by atoms with E-state index in [1.807, 2.05) is 36.1 Å². The predicted octanol–water partition coefficient (Wildman–Crippen LogP) is 4.35. The lowest BCUT2D eigenvalue weighted by molar-refractivity contribution is -0.119. The Labute approximate surface area is 173 Å². The van der Waals surface area contributed by atoms with Gasteiger partial charge in [-0.25, -0.2) is 0 Å². The number of para-hydroxylation sites is 1. The van der Waals surface area contributed by atoms with Crippen LogP contribution in [-0.4, -0.2) is 43.7 Å². The van der Waals surface area contributed by atoms with E-state index in [4.69, 9.17) is 9.47 Å². The first kappa shape index (κ1) is 19.8. The van der Waals surface area contributed by atoms with Crippen molar-refractivity contribution in [3.8, 4) is 11.5 Å². The lowest BCUT2D eigenvalue weighted by Gasteiger charge is -2.29. The smallest absolute Gasteiger partial charge is 0.241 e. The zero-order valence-corrected chi connectivity index (χ0v) is 17.4. The lowest BCUT2D eigenvalue weighted by Crippen LogP contribution is -2.40. The normalized spacial score (nSPS) is 19.0. The van der Waals surface area contributed by atoms with Crippen molar-refractivity contribution in [1.82, 2.24) is 4.90 Å². The fraction of sp³-hybridized carbons (Fsp3) is 0.458. The molecule has 154 valence electrons. The number of aryl methyl sites for hydroxylation is 1. The SMILES string of the molecule is CCN(C(=O)CN1CCC[C@@H]1c1ccc2c(c1)OCCCO2)c1ccccc1C. The van der Waals surface area contributed by atoms with Gasteiger partial charge >= 0.3 is 0 Å². The van der Waals surface area contributed by atoms with Crippen molar-refractivity contribution in [3.05, 3.63) is 53.6 Å². The highest BCUT2D eigenvalue weighted by molar-refractivity contribution is 5.95. The van der Waals surface area contributed by atoms with E-state index in [0.29, 0.717) is 26.3 Å². The summed E-state index contributed by atoms with van der Waals surface area (Å²) in [5.74, 6) is 1.81. The maximum absolute atomic E-state index is 13.2. The molecule has 0 bridgehead atoms. The van der Waals surface area contributed by atoms with E-state index in [-0.39, 0.29) is 11.9 Å². The molecule has 2 heterocycles. The number of ether oxygens (including phenoxy) is 2. The molecule has 1 saturated heterocycles. The summed E-state index contributed by atoms with van der Waals surface area (Å²) in [6.07, 6.45) is 3.06. The summed E-state index contributed by atoms with van der Waals surface area (Å²) in [6, 6.07) is 14.6. The number of amides is 1. The molecular weight excluding hydrogens is 364 g/mol. The standard InChI is InChI=1S/C24H30N2O3/c1-3-26(20-9-5-4-8-18(20)2)24(27)17-25-13-6-10-21(25)19-11-12-22-23(16-19)29-15-7-14-28-22/h4-5,8-9,11-12,16,21H,3,6-7,10,13-15,17H2,1-2H3/t21-/m1/s1. The zero-order valence-electron chi connectivity index (χ0n) is 17.4. The summed E-state index contributed by atoms with van der Waals surface area (Å²) in [6.45, 7) is 7.52. The first-order chi connectivity index (χ1) is 14.2. The molecule has 0 aliphatic carbocycles. The third-order valence-electron chi connectivity index (χ3n) is 5.88. The highest BCUT2D eigenvalue weighted by atomic mass is 16.5. The number of carbonyl (C=O) groups is 1. The monoisotopic (exact) mass is 394 g/mol. The van der Waals surface area contributed by atoms with Gasteiger partial charge < -0.3 is 14.4 Å². The second-order valence-corrected chi connectivity index (χ2v) is 7.81. The van der Waals surface area contributed by atoms with Crippen LogP contribution in [0.15, 0.2) is 42.5 Å². The minimum Gasteiger partial charge on any atom is -0.490 e. The molecule has 4 rings (SSSR count). The minimum absolute atomic E-state index is 0.156. The van der Waals surface area contributed by atoms with E-state index >= 15 is 0 Å². The van der Waals surface area contributed by atoms with Gasteiger partial charge in [-0.3, -0.25) is 9.69 Å². The van der Waals surface area contributed by atoms with Crippen LogP contribution in [0.3, 0.4) is 0 Å². The fourth-order valence-corrected chi connectivity index (χ4v) is 4.39. The van der Waals surface area contributed by atoms with Crippen LogP contribution >= 0.6 is 0 Å². The number of fused-ring (bicyclic) bond motifs is 1. The first-order valence-electron chi connectivity index (χ1n) is 10.7. The van der Waals surface area contributed by atoms with Gasteiger partial charge in [0.05, 0.1) is 19.8 Å². The minimum atomic E-state index is 0.156. The molecule has 0 spiro atoms. The molecule has 1 amide bonds. The number of hydrogen-bond acceptors (Lipinski definition) is 4. The number of rotatable bonds is 5. The molecule has 0 aromatic heterocycles. The Morgan fingerprint density at radius 2 is 1.90 bits per heavy atom. The molecule has 1 fully saturated rings. The number of hydrogen-bond donors (Lipinski definition) is 0. The summed E-state index contributed by atoms with van der Waals surface area (Å²) in [5, 5.41) is 0. The Bertz CT molecular complexity index is 867. The van der Waals surface area contributed by atoms with Gasteiger partial charge in [-0.1, -0.05) is 24.3 Å². The molecule has 0 unspecified atom stereocenters.